The first kappa shape index (κ1) is 12.4. The zero-order chi connectivity index (χ0) is 12.0. The maximum absolute atomic E-state index is 3.69. The maximum Gasteiger partial charge on any atom is 0.00966 e. The fourth-order valence-corrected chi connectivity index (χ4v) is 3.77. The van der Waals surface area contributed by atoms with Crippen molar-refractivity contribution < 1.29 is 0 Å². The van der Waals surface area contributed by atoms with Crippen LogP contribution in [0.3, 0.4) is 0 Å². The highest BCUT2D eigenvalue weighted by Crippen LogP contribution is 2.65. The molecule has 4 atom stereocenters. The van der Waals surface area contributed by atoms with E-state index in [4.69, 9.17) is 0 Å². The molecule has 2 aliphatic carbocycles. The first-order valence-corrected chi connectivity index (χ1v) is 7.10. The van der Waals surface area contributed by atoms with Gasteiger partial charge in [0.2, 0.25) is 0 Å². The van der Waals surface area contributed by atoms with Crippen molar-refractivity contribution in [2.75, 3.05) is 6.54 Å². The first-order valence-electron chi connectivity index (χ1n) is 7.10. The summed E-state index contributed by atoms with van der Waals surface area (Å²) in [4.78, 5) is 0. The van der Waals surface area contributed by atoms with Crippen molar-refractivity contribution in [3.8, 4) is 0 Å². The molecule has 2 fully saturated rings. The largest absolute Gasteiger partial charge is 0.312 e. The molecular formula is C15H29N. The van der Waals surface area contributed by atoms with Crippen LogP contribution < -0.4 is 5.32 Å². The zero-order valence-corrected chi connectivity index (χ0v) is 11.8. The fraction of sp³-hybridized carbons (Fsp3) is 1.00. The van der Waals surface area contributed by atoms with Gasteiger partial charge in [-0.2, -0.15) is 0 Å². The van der Waals surface area contributed by atoms with Crippen molar-refractivity contribution in [3.63, 3.8) is 0 Å². The van der Waals surface area contributed by atoms with Gasteiger partial charge in [0.15, 0.2) is 0 Å². The Bertz CT molecular complexity index is 253. The molecule has 2 rings (SSSR count). The van der Waals surface area contributed by atoms with E-state index in [9.17, 15) is 0 Å². The average molecular weight is 223 g/mol. The summed E-state index contributed by atoms with van der Waals surface area (Å²) in [5.74, 6) is 2.87. The molecular weight excluding hydrogens is 194 g/mol. The van der Waals surface area contributed by atoms with Gasteiger partial charge in [-0.3, -0.25) is 0 Å². The minimum Gasteiger partial charge on any atom is -0.312 e. The van der Waals surface area contributed by atoms with Crippen molar-refractivity contribution in [2.45, 2.75) is 65.8 Å². The second-order valence-electron chi connectivity index (χ2n) is 7.42. The van der Waals surface area contributed by atoms with Gasteiger partial charge in [0, 0.05) is 5.54 Å². The third kappa shape index (κ3) is 2.30. The van der Waals surface area contributed by atoms with Crippen LogP contribution in [0.5, 0.6) is 0 Å². The van der Waals surface area contributed by atoms with E-state index in [0.29, 0.717) is 0 Å². The topological polar surface area (TPSA) is 12.0 Å². The van der Waals surface area contributed by atoms with E-state index in [-0.39, 0.29) is 5.54 Å². The van der Waals surface area contributed by atoms with Gasteiger partial charge in [-0.1, -0.05) is 26.7 Å². The van der Waals surface area contributed by atoms with Crippen LogP contribution >= 0.6 is 0 Å². The van der Waals surface area contributed by atoms with Gasteiger partial charge in [0.05, 0.1) is 0 Å². The fourth-order valence-electron chi connectivity index (χ4n) is 3.77. The van der Waals surface area contributed by atoms with Crippen LogP contribution in [0, 0.1) is 23.2 Å². The predicted molar refractivity (Wildman–Crippen MR) is 70.5 cm³/mol. The molecule has 0 aromatic heterocycles. The average Bonchev–Trinajstić information content (AvgIpc) is 2.85. The van der Waals surface area contributed by atoms with Crippen molar-refractivity contribution in [2.24, 2.45) is 23.2 Å². The first-order chi connectivity index (χ1) is 7.35. The van der Waals surface area contributed by atoms with Crippen LogP contribution in [0.2, 0.25) is 0 Å². The highest BCUT2D eigenvalue weighted by molar-refractivity contribution is 5.08. The Morgan fingerprint density at radius 2 is 1.94 bits per heavy atom. The van der Waals surface area contributed by atoms with E-state index in [1.54, 1.807) is 0 Å². The Hall–Kier alpha value is -0.0400. The zero-order valence-electron chi connectivity index (χ0n) is 11.8. The molecule has 1 N–H and O–H groups in total. The third-order valence-corrected chi connectivity index (χ3v) is 5.22. The molecule has 0 radical (unpaired) electrons. The summed E-state index contributed by atoms with van der Waals surface area (Å²) >= 11 is 0. The van der Waals surface area contributed by atoms with Crippen molar-refractivity contribution in [1.82, 2.24) is 5.32 Å². The van der Waals surface area contributed by atoms with Crippen molar-refractivity contribution in [1.29, 1.82) is 0 Å². The van der Waals surface area contributed by atoms with E-state index >= 15 is 0 Å². The van der Waals surface area contributed by atoms with Gasteiger partial charge in [-0.25, -0.2) is 0 Å². The van der Waals surface area contributed by atoms with Crippen LogP contribution in [0.1, 0.15) is 60.3 Å². The summed E-state index contributed by atoms with van der Waals surface area (Å²) in [5, 5.41) is 3.69. The third-order valence-electron chi connectivity index (χ3n) is 5.22. The van der Waals surface area contributed by atoms with Crippen LogP contribution in [0.4, 0.5) is 0 Å². The molecule has 0 aromatic rings. The number of hydrogen-bond acceptors (Lipinski definition) is 1. The minimum absolute atomic E-state index is 0.285. The SMILES string of the molecule is CC1CCCC2(CC2CNC(C)(C)C)C1C. The summed E-state index contributed by atoms with van der Waals surface area (Å²) in [6.07, 6.45) is 5.91. The molecule has 0 amide bonds. The van der Waals surface area contributed by atoms with Gasteiger partial charge in [-0.15, -0.1) is 0 Å². The summed E-state index contributed by atoms with van der Waals surface area (Å²) in [6, 6.07) is 0. The van der Waals surface area contributed by atoms with Crippen LogP contribution in [-0.4, -0.2) is 12.1 Å². The standard InChI is InChI=1S/C15H29N/c1-11-7-6-8-15(12(11)2)9-13(15)10-16-14(3,4)5/h11-13,16H,6-10H2,1-5H3. The van der Waals surface area contributed by atoms with E-state index < -0.39 is 0 Å². The lowest BCUT2D eigenvalue weighted by Crippen LogP contribution is -2.39. The van der Waals surface area contributed by atoms with Gasteiger partial charge < -0.3 is 5.32 Å². The smallest absolute Gasteiger partial charge is 0.00966 e. The molecule has 16 heavy (non-hydrogen) atoms. The number of hydrogen-bond donors (Lipinski definition) is 1. The molecule has 1 nitrogen and oxygen atoms in total. The lowest BCUT2D eigenvalue weighted by molar-refractivity contribution is 0.143. The van der Waals surface area contributed by atoms with Gasteiger partial charge in [0.25, 0.3) is 0 Å². The molecule has 0 bridgehead atoms. The van der Waals surface area contributed by atoms with E-state index in [1.165, 1.54) is 32.2 Å². The molecule has 2 aliphatic rings. The molecule has 0 aliphatic heterocycles. The monoisotopic (exact) mass is 223 g/mol. The highest BCUT2D eigenvalue weighted by Gasteiger charge is 2.58. The number of rotatable bonds is 2. The summed E-state index contributed by atoms with van der Waals surface area (Å²) in [5.41, 5.74) is 1.02. The molecule has 94 valence electrons. The molecule has 1 heteroatoms. The molecule has 1 spiro atoms. The molecule has 2 saturated carbocycles. The molecule has 0 aromatic carbocycles. The summed E-state index contributed by atoms with van der Waals surface area (Å²) < 4.78 is 0. The van der Waals surface area contributed by atoms with Gasteiger partial charge >= 0.3 is 0 Å². The lowest BCUT2D eigenvalue weighted by atomic mass is 9.70. The molecule has 0 saturated heterocycles. The Kier molecular flexibility index (Phi) is 3.11. The molecule has 4 unspecified atom stereocenters. The van der Waals surface area contributed by atoms with Crippen LogP contribution in [0.15, 0.2) is 0 Å². The Balaban J connectivity index is 1.88. The minimum atomic E-state index is 0.285. The summed E-state index contributed by atoms with van der Waals surface area (Å²) in [7, 11) is 0. The highest BCUT2D eigenvalue weighted by atomic mass is 15.0. The van der Waals surface area contributed by atoms with E-state index in [1.807, 2.05) is 0 Å². The normalized spacial score (nSPS) is 43.7. The quantitative estimate of drug-likeness (QED) is 0.750. The van der Waals surface area contributed by atoms with Crippen molar-refractivity contribution in [3.05, 3.63) is 0 Å². The predicted octanol–water partition coefficient (Wildman–Crippen LogP) is 3.84. The Morgan fingerprint density at radius 1 is 1.25 bits per heavy atom. The van der Waals surface area contributed by atoms with Crippen LogP contribution in [-0.2, 0) is 0 Å². The Morgan fingerprint density at radius 3 is 2.56 bits per heavy atom. The van der Waals surface area contributed by atoms with Crippen molar-refractivity contribution >= 4 is 0 Å². The maximum atomic E-state index is 3.69. The number of nitrogens with one attached hydrogen (secondary N) is 1. The molecule has 0 heterocycles. The second kappa shape index (κ2) is 4.01. The second-order valence-corrected chi connectivity index (χ2v) is 7.42. The Labute approximate surface area is 101 Å². The lowest BCUT2D eigenvalue weighted by Gasteiger charge is -2.36. The van der Waals surface area contributed by atoms with Gasteiger partial charge in [0.1, 0.15) is 0 Å². The summed E-state index contributed by atoms with van der Waals surface area (Å²) in [6.45, 7) is 13.0. The van der Waals surface area contributed by atoms with E-state index in [0.717, 1.165) is 23.2 Å². The van der Waals surface area contributed by atoms with E-state index in [2.05, 4.69) is 39.9 Å². The van der Waals surface area contributed by atoms with Crippen LogP contribution in [0.25, 0.3) is 0 Å². The van der Waals surface area contributed by atoms with Gasteiger partial charge in [-0.05, 0) is 63.3 Å².